The van der Waals surface area contributed by atoms with E-state index in [9.17, 15) is 4.79 Å². The molecule has 3 aromatic rings. The van der Waals surface area contributed by atoms with Gasteiger partial charge < -0.3 is 11.2 Å². The second-order valence-corrected chi connectivity index (χ2v) is 4.70. The highest BCUT2D eigenvalue weighted by molar-refractivity contribution is 6.30. The Bertz CT molecular complexity index is 827. The number of aromatic nitrogens is 2. The van der Waals surface area contributed by atoms with Gasteiger partial charge in [0.15, 0.2) is 0 Å². The van der Waals surface area contributed by atoms with Crippen LogP contribution in [0.1, 0.15) is 0 Å². The third kappa shape index (κ3) is 2.19. The van der Waals surface area contributed by atoms with Gasteiger partial charge in [-0.3, -0.25) is 4.79 Å². The average molecular weight is 287 g/mol. The maximum atomic E-state index is 12.1. The van der Waals surface area contributed by atoms with E-state index in [4.69, 9.17) is 17.4 Å². The molecule has 0 spiro atoms. The smallest absolute Gasteiger partial charge is 0.281 e. The second kappa shape index (κ2) is 4.86. The van der Waals surface area contributed by atoms with Gasteiger partial charge in [-0.25, -0.2) is 4.98 Å². The summed E-state index contributed by atoms with van der Waals surface area (Å²) in [4.78, 5) is 16.5. The number of nitrogens with zero attached hydrogens (tertiary/aromatic N) is 2. The first-order valence-corrected chi connectivity index (χ1v) is 6.32. The van der Waals surface area contributed by atoms with Crippen LogP contribution in [0.25, 0.3) is 10.9 Å². The zero-order valence-electron chi connectivity index (χ0n) is 10.4. The highest BCUT2D eigenvalue weighted by Crippen LogP contribution is 2.17. The fourth-order valence-corrected chi connectivity index (χ4v) is 2.02. The van der Waals surface area contributed by atoms with E-state index in [-0.39, 0.29) is 11.5 Å². The Balaban J connectivity index is 2.10. The summed E-state index contributed by atoms with van der Waals surface area (Å²) < 4.78 is 0.997. The minimum atomic E-state index is -0.299. The number of rotatable bonds is 2. The lowest BCUT2D eigenvalue weighted by atomic mass is 10.2. The van der Waals surface area contributed by atoms with Crippen molar-refractivity contribution in [2.75, 3.05) is 11.2 Å². The Morgan fingerprint density at radius 2 is 1.80 bits per heavy atom. The predicted octanol–water partition coefficient (Wildman–Crippen LogP) is 2.51. The van der Waals surface area contributed by atoms with Crippen LogP contribution in [0.2, 0.25) is 5.02 Å². The lowest BCUT2D eigenvalue weighted by Gasteiger charge is -2.10. The first kappa shape index (κ1) is 12.5. The molecule has 0 fully saturated rings. The fraction of sp³-hybridized carbons (Fsp3) is 0. The van der Waals surface area contributed by atoms with E-state index < -0.39 is 0 Å². The normalized spacial score (nSPS) is 10.7. The van der Waals surface area contributed by atoms with E-state index in [1.165, 1.54) is 0 Å². The highest BCUT2D eigenvalue weighted by Gasteiger charge is 2.08. The largest absolute Gasteiger partial charge is 0.333 e. The zero-order chi connectivity index (χ0) is 14.1. The molecule has 1 heterocycles. The SMILES string of the molecule is Nn1c(Nc2ccc(Cl)cc2)nc2ccccc2c1=O. The molecule has 0 aliphatic carbocycles. The molecule has 3 N–H and O–H groups in total. The Labute approximate surface area is 119 Å². The molecule has 3 rings (SSSR count). The van der Waals surface area contributed by atoms with Crippen LogP contribution in [0.4, 0.5) is 11.6 Å². The van der Waals surface area contributed by atoms with Crippen LogP contribution in [-0.2, 0) is 0 Å². The van der Waals surface area contributed by atoms with E-state index in [0.29, 0.717) is 15.9 Å². The van der Waals surface area contributed by atoms with Crippen molar-refractivity contribution < 1.29 is 0 Å². The standard InChI is InChI=1S/C14H11ClN4O/c15-9-5-7-10(8-6-9)17-14-18-12-4-2-1-3-11(12)13(20)19(14)16/h1-8H,16H2,(H,17,18). The number of fused-ring (bicyclic) bond motifs is 1. The van der Waals surface area contributed by atoms with Crippen molar-refractivity contribution in [2.24, 2.45) is 0 Å². The van der Waals surface area contributed by atoms with Gasteiger partial charge in [0, 0.05) is 10.7 Å². The highest BCUT2D eigenvalue weighted by atomic mass is 35.5. The van der Waals surface area contributed by atoms with E-state index in [1.54, 1.807) is 42.5 Å². The summed E-state index contributed by atoms with van der Waals surface area (Å²) in [6.07, 6.45) is 0. The van der Waals surface area contributed by atoms with E-state index in [0.717, 1.165) is 10.4 Å². The minimum Gasteiger partial charge on any atom is -0.333 e. The van der Waals surface area contributed by atoms with Crippen LogP contribution in [0.3, 0.4) is 0 Å². The van der Waals surface area contributed by atoms with Gasteiger partial charge in [0.2, 0.25) is 5.95 Å². The topological polar surface area (TPSA) is 72.9 Å². The van der Waals surface area contributed by atoms with Crippen molar-refractivity contribution >= 4 is 34.1 Å². The maximum Gasteiger partial charge on any atom is 0.281 e. The molecular formula is C14H11ClN4O. The summed E-state index contributed by atoms with van der Waals surface area (Å²) in [6, 6.07) is 14.1. The number of hydrogen-bond donors (Lipinski definition) is 2. The van der Waals surface area contributed by atoms with Crippen LogP contribution in [0.5, 0.6) is 0 Å². The number of nitrogen functional groups attached to an aromatic ring is 1. The third-order valence-corrected chi connectivity index (χ3v) is 3.16. The number of anilines is 2. The molecule has 0 aliphatic heterocycles. The van der Waals surface area contributed by atoms with E-state index in [1.807, 2.05) is 6.07 Å². The van der Waals surface area contributed by atoms with Gasteiger partial charge in [-0.2, -0.15) is 4.68 Å². The molecule has 1 aromatic heterocycles. The summed E-state index contributed by atoms with van der Waals surface area (Å²) >= 11 is 5.83. The molecule has 0 unspecified atom stereocenters. The molecule has 0 radical (unpaired) electrons. The van der Waals surface area contributed by atoms with Gasteiger partial charge in [-0.05, 0) is 36.4 Å². The quantitative estimate of drug-likeness (QED) is 0.710. The van der Waals surface area contributed by atoms with Crippen LogP contribution in [-0.4, -0.2) is 9.66 Å². The van der Waals surface area contributed by atoms with Crippen LogP contribution < -0.4 is 16.7 Å². The first-order chi connectivity index (χ1) is 9.65. The summed E-state index contributed by atoms with van der Waals surface area (Å²) in [5.41, 5.74) is 1.04. The number of nitrogens with two attached hydrogens (primary N) is 1. The molecule has 0 aliphatic rings. The van der Waals surface area contributed by atoms with Gasteiger partial charge >= 0.3 is 0 Å². The van der Waals surface area contributed by atoms with Gasteiger partial charge in [-0.15, -0.1) is 0 Å². The molecule has 100 valence electrons. The zero-order valence-corrected chi connectivity index (χ0v) is 11.1. The molecule has 5 nitrogen and oxygen atoms in total. The van der Waals surface area contributed by atoms with Gasteiger partial charge in [0.25, 0.3) is 5.56 Å². The molecule has 0 bridgehead atoms. The Morgan fingerprint density at radius 1 is 1.10 bits per heavy atom. The lowest BCUT2D eigenvalue weighted by molar-refractivity contribution is 0.926. The number of benzene rings is 2. The second-order valence-electron chi connectivity index (χ2n) is 4.26. The number of hydrogen-bond acceptors (Lipinski definition) is 4. The van der Waals surface area contributed by atoms with Crippen molar-refractivity contribution in [1.82, 2.24) is 9.66 Å². The van der Waals surface area contributed by atoms with Crippen LogP contribution >= 0.6 is 11.6 Å². The molecule has 0 amide bonds. The summed E-state index contributed by atoms with van der Waals surface area (Å²) in [6.45, 7) is 0. The minimum absolute atomic E-state index is 0.274. The third-order valence-electron chi connectivity index (χ3n) is 2.91. The van der Waals surface area contributed by atoms with Crippen molar-refractivity contribution in [3.63, 3.8) is 0 Å². The van der Waals surface area contributed by atoms with E-state index in [2.05, 4.69) is 10.3 Å². The monoisotopic (exact) mass is 286 g/mol. The predicted molar refractivity (Wildman–Crippen MR) is 80.9 cm³/mol. The molecule has 20 heavy (non-hydrogen) atoms. The van der Waals surface area contributed by atoms with Crippen molar-refractivity contribution in [3.8, 4) is 0 Å². The van der Waals surface area contributed by atoms with Crippen LogP contribution in [0.15, 0.2) is 53.3 Å². The number of nitrogens with one attached hydrogen (secondary N) is 1. The van der Waals surface area contributed by atoms with Gasteiger partial charge in [-0.1, -0.05) is 23.7 Å². The average Bonchev–Trinajstić information content (AvgIpc) is 2.47. The van der Waals surface area contributed by atoms with Crippen molar-refractivity contribution in [1.29, 1.82) is 0 Å². The molecule has 6 heteroatoms. The summed E-state index contributed by atoms with van der Waals surface area (Å²) in [5.74, 6) is 6.05. The lowest BCUT2D eigenvalue weighted by Crippen LogP contribution is -2.30. The van der Waals surface area contributed by atoms with Crippen molar-refractivity contribution in [3.05, 3.63) is 63.9 Å². The van der Waals surface area contributed by atoms with E-state index >= 15 is 0 Å². The van der Waals surface area contributed by atoms with Gasteiger partial charge in [0.1, 0.15) is 0 Å². The number of halogens is 1. The summed E-state index contributed by atoms with van der Waals surface area (Å²) in [5, 5.41) is 4.12. The Kier molecular flexibility index (Phi) is 3.04. The number of para-hydroxylation sites is 1. The van der Waals surface area contributed by atoms with Crippen molar-refractivity contribution in [2.45, 2.75) is 0 Å². The fourth-order valence-electron chi connectivity index (χ4n) is 1.90. The Morgan fingerprint density at radius 3 is 2.55 bits per heavy atom. The molecule has 0 atom stereocenters. The van der Waals surface area contributed by atoms with Crippen LogP contribution in [0, 0.1) is 0 Å². The molecule has 2 aromatic carbocycles. The van der Waals surface area contributed by atoms with Gasteiger partial charge in [0.05, 0.1) is 10.9 Å². The first-order valence-electron chi connectivity index (χ1n) is 5.94. The molecular weight excluding hydrogens is 276 g/mol. The summed E-state index contributed by atoms with van der Waals surface area (Å²) in [7, 11) is 0. The molecule has 0 saturated carbocycles. The maximum absolute atomic E-state index is 12.1. The Hall–Kier alpha value is -2.53. The molecule has 0 saturated heterocycles.